The molecule has 1 unspecified atom stereocenters. The highest BCUT2D eigenvalue weighted by Crippen LogP contribution is 2.28. The second-order valence-electron chi connectivity index (χ2n) is 4.04. The Morgan fingerprint density at radius 3 is 2.53 bits per heavy atom. The number of pyridine rings is 1. The van der Waals surface area contributed by atoms with E-state index >= 15 is 0 Å². The van der Waals surface area contributed by atoms with Crippen molar-refractivity contribution in [1.29, 1.82) is 0 Å². The van der Waals surface area contributed by atoms with Gasteiger partial charge in [0.1, 0.15) is 0 Å². The molecule has 1 heterocycles. The van der Waals surface area contributed by atoms with E-state index in [4.69, 9.17) is 5.73 Å². The van der Waals surface area contributed by atoms with Crippen LogP contribution in [0.5, 0.6) is 0 Å². The van der Waals surface area contributed by atoms with Gasteiger partial charge in [-0.25, -0.2) is 8.78 Å². The molecule has 0 saturated carbocycles. The number of rotatable bonds is 3. The van der Waals surface area contributed by atoms with Gasteiger partial charge < -0.3 is 5.73 Å². The summed E-state index contributed by atoms with van der Waals surface area (Å²) in [6, 6.07) is 5.78. The smallest absolute Gasteiger partial charge is 0.173 e. The molecule has 0 saturated heterocycles. The summed E-state index contributed by atoms with van der Waals surface area (Å²) < 4.78 is 27.4. The second-order valence-corrected chi connectivity index (χ2v) is 5.75. The minimum Gasteiger partial charge on any atom is -0.324 e. The SMILES string of the molecule is NC(Cc1ccc(Br)cn1)c1ccc(F)c(F)c1Br. The average molecular weight is 392 g/mol. The van der Waals surface area contributed by atoms with E-state index in [9.17, 15) is 8.78 Å². The molecular formula is C13H10Br2F2N2. The van der Waals surface area contributed by atoms with Crippen molar-refractivity contribution in [3.05, 3.63) is 62.3 Å². The Morgan fingerprint density at radius 1 is 1.16 bits per heavy atom. The molecule has 1 aromatic carbocycles. The molecule has 2 N–H and O–H groups in total. The highest BCUT2D eigenvalue weighted by molar-refractivity contribution is 9.10. The third-order valence-electron chi connectivity index (χ3n) is 2.68. The average Bonchev–Trinajstić information content (AvgIpc) is 2.39. The van der Waals surface area contributed by atoms with Gasteiger partial charge in [-0.3, -0.25) is 4.98 Å². The maximum atomic E-state index is 13.4. The van der Waals surface area contributed by atoms with Crippen molar-refractivity contribution in [2.75, 3.05) is 0 Å². The number of halogens is 4. The Morgan fingerprint density at radius 2 is 1.89 bits per heavy atom. The van der Waals surface area contributed by atoms with Crippen LogP contribution < -0.4 is 5.73 Å². The van der Waals surface area contributed by atoms with Crippen LogP contribution in [0.15, 0.2) is 39.4 Å². The lowest BCUT2D eigenvalue weighted by Gasteiger charge is -2.14. The van der Waals surface area contributed by atoms with E-state index in [-0.39, 0.29) is 4.47 Å². The summed E-state index contributed by atoms with van der Waals surface area (Å²) in [5.74, 6) is -1.82. The molecule has 0 spiro atoms. The first-order valence-electron chi connectivity index (χ1n) is 5.48. The van der Waals surface area contributed by atoms with E-state index in [2.05, 4.69) is 36.8 Å². The van der Waals surface area contributed by atoms with Crippen molar-refractivity contribution in [3.8, 4) is 0 Å². The largest absolute Gasteiger partial charge is 0.324 e. The molecule has 0 radical (unpaired) electrons. The lowest BCUT2D eigenvalue weighted by Crippen LogP contribution is -2.15. The quantitative estimate of drug-likeness (QED) is 0.799. The Bertz CT molecular complexity index is 588. The fraction of sp³-hybridized carbons (Fsp3) is 0.154. The van der Waals surface area contributed by atoms with E-state index in [0.717, 1.165) is 16.2 Å². The molecular weight excluding hydrogens is 382 g/mol. The van der Waals surface area contributed by atoms with E-state index in [1.165, 1.54) is 6.07 Å². The normalized spacial score (nSPS) is 12.5. The topological polar surface area (TPSA) is 38.9 Å². The number of aromatic nitrogens is 1. The lowest BCUT2D eigenvalue weighted by atomic mass is 10.0. The first-order valence-corrected chi connectivity index (χ1v) is 7.07. The number of benzene rings is 1. The molecule has 100 valence electrons. The number of nitrogens with two attached hydrogens (primary N) is 1. The third kappa shape index (κ3) is 3.38. The van der Waals surface area contributed by atoms with Crippen LogP contribution in [0.25, 0.3) is 0 Å². The van der Waals surface area contributed by atoms with E-state index in [0.29, 0.717) is 12.0 Å². The molecule has 0 fully saturated rings. The van der Waals surface area contributed by atoms with Gasteiger partial charge >= 0.3 is 0 Å². The molecule has 2 nitrogen and oxygen atoms in total. The van der Waals surface area contributed by atoms with Gasteiger partial charge in [0.15, 0.2) is 11.6 Å². The van der Waals surface area contributed by atoms with Crippen LogP contribution in [0.4, 0.5) is 8.78 Å². The predicted octanol–water partition coefficient (Wildman–Crippen LogP) is 4.13. The highest BCUT2D eigenvalue weighted by atomic mass is 79.9. The Hall–Kier alpha value is -0.850. The predicted molar refractivity (Wildman–Crippen MR) is 76.6 cm³/mol. The fourth-order valence-corrected chi connectivity index (χ4v) is 2.54. The van der Waals surface area contributed by atoms with Crippen molar-refractivity contribution >= 4 is 31.9 Å². The van der Waals surface area contributed by atoms with Crippen molar-refractivity contribution in [1.82, 2.24) is 4.98 Å². The van der Waals surface area contributed by atoms with Gasteiger partial charge in [-0.1, -0.05) is 6.07 Å². The molecule has 0 aliphatic rings. The molecule has 0 aliphatic heterocycles. The minimum absolute atomic E-state index is 0.0668. The van der Waals surface area contributed by atoms with Gasteiger partial charge in [-0.2, -0.15) is 0 Å². The lowest BCUT2D eigenvalue weighted by molar-refractivity contribution is 0.499. The number of hydrogen-bond donors (Lipinski definition) is 1. The number of nitrogens with zero attached hydrogens (tertiary/aromatic N) is 1. The monoisotopic (exact) mass is 390 g/mol. The van der Waals surface area contributed by atoms with Crippen molar-refractivity contribution in [3.63, 3.8) is 0 Å². The zero-order valence-electron chi connectivity index (χ0n) is 9.71. The summed E-state index contributed by atoms with van der Waals surface area (Å²) in [4.78, 5) is 4.20. The zero-order chi connectivity index (χ0) is 14.0. The van der Waals surface area contributed by atoms with E-state index in [1.54, 1.807) is 6.20 Å². The summed E-state index contributed by atoms with van der Waals surface area (Å²) in [7, 11) is 0. The van der Waals surface area contributed by atoms with Gasteiger partial charge in [0, 0.05) is 28.8 Å². The van der Waals surface area contributed by atoms with Gasteiger partial charge in [-0.15, -0.1) is 0 Å². The summed E-state index contributed by atoms with van der Waals surface area (Å²) in [6.07, 6.45) is 2.11. The third-order valence-corrected chi connectivity index (χ3v) is 3.96. The molecule has 2 aromatic rings. The van der Waals surface area contributed by atoms with Gasteiger partial charge in [0.25, 0.3) is 0 Å². The second kappa shape index (κ2) is 6.07. The van der Waals surface area contributed by atoms with Crippen LogP contribution >= 0.6 is 31.9 Å². The molecule has 0 aliphatic carbocycles. The van der Waals surface area contributed by atoms with E-state index < -0.39 is 17.7 Å². The minimum atomic E-state index is -0.920. The Kier molecular flexibility index (Phi) is 4.65. The molecule has 2 rings (SSSR count). The van der Waals surface area contributed by atoms with Crippen molar-refractivity contribution in [2.24, 2.45) is 5.73 Å². The summed E-state index contributed by atoms with van der Waals surface area (Å²) in [5, 5.41) is 0. The molecule has 0 amide bonds. The van der Waals surface area contributed by atoms with Crippen LogP contribution in [-0.2, 0) is 6.42 Å². The maximum absolute atomic E-state index is 13.4. The molecule has 0 bridgehead atoms. The van der Waals surface area contributed by atoms with Gasteiger partial charge in [0.05, 0.1) is 4.47 Å². The van der Waals surface area contributed by atoms with Crippen LogP contribution in [0.1, 0.15) is 17.3 Å². The van der Waals surface area contributed by atoms with Crippen molar-refractivity contribution < 1.29 is 8.78 Å². The summed E-state index contributed by atoms with van der Waals surface area (Å²) in [6.45, 7) is 0. The Balaban J connectivity index is 2.23. The molecule has 1 atom stereocenters. The van der Waals surface area contributed by atoms with Gasteiger partial charge in [0.2, 0.25) is 0 Å². The Labute approximate surface area is 126 Å². The fourth-order valence-electron chi connectivity index (χ4n) is 1.69. The first kappa shape index (κ1) is 14.6. The van der Waals surface area contributed by atoms with Crippen LogP contribution in [0.2, 0.25) is 0 Å². The van der Waals surface area contributed by atoms with Crippen LogP contribution in [0.3, 0.4) is 0 Å². The molecule has 19 heavy (non-hydrogen) atoms. The molecule has 6 heteroatoms. The van der Waals surface area contributed by atoms with Crippen LogP contribution in [0, 0.1) is 11.6 Å². The van der Waals surface area contributed by atoms with Crippen LogP contribution in [-0.4, -0.2) is 4.98 Å². The molecule has 1 aromatic heterocycles. The summed E-state index contributed by atoms with van der Waals surface area (Å²) in [5.41, 5.74) is 7.32. The zero-order valence-corrected chi connectivity index (χ0v) is 12.9. The summed E-state index contributed by atoms with van der Waals surface area (Å²) >= 11 is 6.33. The number of hydrogen-bond acceptors (Lipinski definition) is 2. The standard InChI is InChI=1S/C13H10Br2F2N2/c14-7-1-2-8(19-6-7)5-11(18)9-3-4-10(16)13(17)12(9)15/h1-4,6,11H,5,18H2. The van der Waals surface area contributed by atoms with E-state index in [1.807, 2.05) is 12.1 Å². The maximum Gasteiger partial charge on any atom is 0.173 e. The van der Waals surface area contributed by atoms with Gasteiger partial charge in [-0.05, 0) is 55.6 Å². The van der Waals surface area contributed by atoms with Crippen molar-refractivity contribution in [2.45, 2.75) is 12.5 Å². The highest BCUT2D eigenvalue weighted by Gasteiger charge is 2.17. The first-order chi connectivity index (χ1) is 8.99.